The fourth-order valence-electron chi connectivity index (χ4n) is 8.38. The Morgan fingerprint density at radius 2 is 0.597 bits per heavy atom. The highest BCUT2D eigenvalue weighted by atomic mass is 15.0. The highest BCUT2D eigenvalue weighted by Gasteiger charge is 2.17. The van der Waals surface area contributed by atoms with Gasteiger partial charge in [0.15, 0.2) is 17.5 Å². The molecule has 0 atom stereocenters. The molecule has 4 heteroatoms. The van der Waals surface area contributed by atoms with E-state index in [1.807, 2.05) is 66.7 Å². The van der Waals surface area contributed by atoms with Gasteiger partial charge >= 0.3 is 0 Å². The minimum absolute atomic E-state index is 0.609. The van der Waals surface area contributed by atoms with Gasteiger partial charge in [0.2, 0.25) is 0 Å². The molecule has 0 aliphatic rings. The molecule has 0 fully saturated rings. The molecular weight excluding hydrogens is 753 g/mol. The largest absolute Gasteiger partial charge is 0.248 e. The van der Waals surface area contributed by atoms with Gasteiger partial charge in [0, 0.05) is 27.8 Å². The Bertz CT molecular complexity index is 3250. The van der Waals surface area contributed by atoms with E-state index in [-0.39, 0.29) is 0 Å². The molecule has 290 valence electrons. The molecule has 4 nitrogen and oxygen atoms in total. The number of pyridine rings is 1. The zero-order valence-corrected chi connectivity index (χ0v) is 33.7. The predicted octanol–water partition coefficient (Wildman–Crippen LogP) is 14.9. The SMILES string of the molecule is c1ccc(-c2cc(-c3ccccc3)nc(-c3ccc(-c4cc(-c5nc(-c6ccccc6)nc(-c6ccccc6)n5)cc(-c5cc6ccccc6c6ccccc56)c4)cc3)c2)cc1. The van der Waals surface area contributed by atoms with Gasteiger partial charge in [0.1, 0.15) is 0 Å². The van der Waals surface area contributed by atoms with Gasteiger partial charge < -0.3 is 0 Å². The van der Waals surface area contributed by atoms with Crippen molar-refractivity contribution in [2.75, 3.05) is 0 Å². The molecule has 0 radical (unpaired) electrons. The van der Waals surface area contributed by atoms with E-state index in [2.05, 4.69) is 164 Å². The van der Waals surface area contributed by atoms with Crippen molar-refractivity contribution in [3.8, 4) is 90.1 Å². The van der Waals surface area contributed by atoms with Crippen LogP contribution in [0.1, 0.15) is 0 Å². The number of hydrogen-bond donors (Lipinski definition) is 0. The Kier molecular flexibility index (Phi) is 9.49. The third kappa shape index (κ3) is 7.20. The van der Waals surface area contributed by atoms with Gasteiger partial charge in [-0.1, -0.05) is 194 Å². The molecule has 2 aromatic heterocycles. The van der Waals surface area contributed by atoms with E-state index in [4.69, 9.17) is 19.9 Å². The first kappa shape index (κ1) is 36.7. The van der Waals surface area contributed by atoms with Crippen LogP contribution < -0.4 is 0 Å². The van der Waals surface area contributed by atoms with Crippen molar-refractivity contribution in [3.05, 3.63) is 231 Å². The number of benzene rings is 9. The number of hydrogen-bond acceptors (Lipinski definition) is 4. The monoisotopic (exact) mass is 790 g/mol. The summed E-state index contributed by atoms with van der Waals surface area (Å²) >= 11 is 0. The second kappa shape index (κ2) is 16.0. The van der Waals surface area contributed by atoms with Crippen LogP contribution in [0.3, 0.4) is 0 Å². The number of fused-ring (bicyclic) bond motifs is 3. The average molecular weight is 791 g/mol. The highest BCUT2D eigenvalue weighted by molar-refractivity contribution is 6.14. The third-order valence-corrected chi connectivity index (χ3v) is 11.5. The normalized spacial score (nSPS) is 11.2. The van der Waals surface area contributed by atoms with Crippen LogP contribution in [0.15, 0.2) is 231 Å². The molecule has 0 N–H and O–H groups in total. The second-order valence-corrected chi connectivity index (χ2v) is 15.5. The molecule has 0 saturated heterocycles. The van der Waals surface area contributed by atoms with Crippen molar-refractivity contribution in [2.24, 2.45) is 0 Å². The first-order valence-corrected chi connectivity index (χ1v) is 20.9. The Labute approximate surface area is 360 Å². The number of rotatable bonds is 8. The lowest BCUT2D eigenvalue weighted by Gasteiger charge is -2.15. The van der Waals surface area contributed by atoms with Crippen LogP contribution in [-0.4, -0.2) is 19.9 Å². The molecule has 62 heavy (non-hydrogen) atoms. The standard InChI is InChI=1S/C58H38N4/c1-5-17-39(18-6-1)47-37-54(41-19-7-2-8-20-41)59-55(38-47)42-31-29-40(30-32-42)46-33-48(53-36-45-25-13-14-26-50(45)51-27-15-16-28-52(51)53)35-49(34-46)58-61-56(43-21-9-3-10-22-43)60-57(62-58)44-23-11-4-12-24-44/h1-38H. The van der Waals surface area contributed by atoms with E-state index in [0.717, 1.165) is 72.6 Å². The summed E-state index contributed by atoms with van der Waals surface area (Å²) < 4.78 is 0. The van der Waals surface area contributed by atoms with E-state index in [1.54, 1.807) is 0 Å². The lowest BCUT2D eigenvalue weighted by atomic mass is 9.90. The van der Waals surface area contributed by atoms with E-state index < -0.39 is 0 Å². The smallest absolute Gasteiger partial charge is 0.164 e. The van der Waals surface area contributed by atoms with Gasteiger partial charge in [-0.2, -0.15) is 0 Å². The zero-order valence-electron chi connectivity index (χ0n) is 33.7. The lowest BCUT2D eigenvalue weighted by Crippen LogP contribution is -2.00. The lowest BCUT2D eigenvalue weighted by molar-refractivity contribution is 1.07. The summed E-state index contributed by atoms with van der Waals surface area (Å²) in [6.07, 6.45) is 0. The van der Waals surface area contributed by atoms with Crippen molar-refractivity contribution in [1.29, 1.82) is 0 Å². The van der Waals surface area contributed by atoms with Crippen LogP contribution in [-0.2, 0) is 0 Å². The minimum Gasteiger partial charge on any atom is -0.248 e. The summed E-state index contributed by atoms with van der Waals surface area (Å²) in [6.45, 7) is 0. The van der Waals surface area contributed by atoms with E-state index in [1.165, 1.54) is 21.5 Å². The first-order valence-electron chi connectivity index (χ1n) is 20.9. The van der Waals surface area contributed by atoms with Crippen molar-refractivity contribution in [1.82, 2.24) is 19.9 Å². The molecule has 11 rings (SSSR count). The zero-order chi connectivity index (χ0) is 41.2. The molecule has 0 saturated carbocycles. The maximum atomic E-state index is 5.21. The van der Waals surface area contributed by atoms with Crippen LogP contribution in [0.25, 0.3) is 112 Å². The summed E-state index contributed by atoms with van der Waals surface area (Å²) in [7, 11) is 0. The van der Waals surface area contributed by atoms with Gasteiger partial charge in [0.05, 0.1) is 11.4 Å². The van der Waals surface area contributed by atoms with Gasteiger partial charge in [-0.3, -0.25) is 0 Å². The molecular formula is C58H38N4. The molecule has 0 spiro atoms. The summed E-state index contributed by atoms with van der Waals surface area (Å²) in [5, 5.41) is 4.83. The van der Waals surface area contributed by atoms with Gasteiger partial charge in [0.25, 0.3) is 0 Å². The van der Waals surface area contributed by atoms with E-state index in [0.29, 0.717) is 17.5 Å². The fraction of sp³-hybridized carbons (Fsp3) is 0. The Hall–Kier alpha value is -8.34. The Morgan fingerprint density at radius 1 is 0.210 bits per heavy atom. The molecule has 0 unspecified atom stereocenters. The maximum Gasteiger partial charge on any atom is 0.164 e. The molecule has 0 amide bonds. The van der Waals surface area contributed by atoms with Crippen molar-refractivity contribution in [2.45, 2.75) is 0 Å². The van der Waals surface area contributed by atoms with E-state index in [9.17, 15) is 0 Å². The number of aromatic nitrogens is 4. The van der Waals surface area contributed by atoms with Gasteiger partial charge in [-0.15, -0.1) is 0 Å². The van der Waals surface area contributed by atoms with E-state index >= 15 is 0 Å². The predicted molar refractivity (Wildman–Crippen MR) is 256 cm³/mol. The molecule has 0 aliphatic heterocycles. The van der Waals surface area contributed by atoms with Crippen LogP contribution in [0.4, 0.5) is 0 Å². The summed E-state index contributed by atoms with van der Waals surface area (Å²) in [5.74, 6) is 1.86. The van der Waals surface area contributed by atoms with Crippen LogP contribution in [0.2, 0.25) is 0 Å². The summed E-state index contributed by atoms with van der Waals surface area (Å²) in [5.41, 5.74) is 13.4. The summed E-state index contributed by atoms with van der Waals surface area (Å²) in [6, 6.07) is 80.7. The van der Waals surface area contributed by atoms with Crippen molar-refractivity contribution >= 4 is 21.5 Å². The summed E-state index contributed by atoms with van der Waals surface area (Å²) in [4.78, 5) is 20.5. The molecule has 0 aliphatic carbocycles. The minimum atomic E-state index is 0.609. The quantitative estimate of drug-likeness (QED) is 0.144. The van der Waals surface area contributed by atoms with Crippen molar-refractivity contribution < 1.29 is 0 Å². The number of nitrogens with zero attached hydrogens (tertiary/aromatic N) is 4. The van der Waals surface area contributed by atoms with Gasteiger partial charge in [-0.05, 0) is 91.3 Å². The highest BCUT2D eigenvalue weighted by Crippen LogP contribution is 2.40. The Balaban J connectivity index is 1.09. The van der Waals surface area contributed by atoms with Gasteiger partial charge in [-0.25, -0.2) is 19.9 Å². The maximum absolute atomic E-state index is 5.21. The fourth-order valence-corrected chi connectivity index (χ4v) is 8.38. The molecule has 0 bridgehead atoms. The Morgan fingerprint density at radius 3 is 1.19 bits per heavy atom. The molecule has 11 aromatic rings. The van der Waals surface area contributed by atoms with Crippen molar-refractivity contribution in [3.63, 3.8) is 0 Å². The van der Waals surface area contributed by atoms with Crippen LogP contribution >= 0.6 is 0 Å². The van der Waals surface area contributed by atoms with Crippen LogP contribution in [0, 0.1) is 0 Å². The average Bonchev–Trinajstić information content (AvgIpc) is 3.37. The topological polar surface area (TPSA) is 51.6 Å². The first-order chi connectivity index (χ1) is 30.7. The second-order valence-electron chi connectivity index (χ2n) is 15.5. The molecule has 2 heterocycles. The third-order valence-electron chi connectivity index (χ3n) is 11.5. The molecule has 9 aromatic carbocycles. The van der Waals surface area contributed by atoms with Crippen LogP contribution in [0.5, 0.6) is 0 Å².